The molecule has 2 saturated heterocycles. The molecule has 1 amide bonds. The van der Waals surface area contributed by atoms with E-state index < -0.39 is 0 Å². The third-order valence-corrected chi connectivity index (χ3v) is 6.77. The highest BCUT2D eigenvalue weighted by atomic mass is 35.5. The smallest absolute Gasteiger partial charge is 0.226 e. The van der Waals surface area contributed by atoms with Crippen LogP contribution >= 0.6 is 23.2 Å². The lowest BCUT2D eigenvalue weighted by Crippen LogP contribution is -2.42. The van der Waals surface area contributed by atoms with Gasteiger partial charge in [-0.3, -0.25) is 4.79 Å². The van der Waals surface area contributed by atoms with Crippen molar-refractivity contribution in [2.45, 2.75) is 32.1 Å². The highest BCUT2D eigenvalue weighted by Crippen LogP contribution is 2.59. The van der Waals surface area contributed by atoms with E-state index >= 15 is 0 Å². The number of ether oxygens (including phenoxy) is 1. The van der Waals surface area contributed by atoms with Crippen LogP contribution in [0.5, 0.6) is 5.75 Å². The van der Waals surface area contributed by atoms with Crippen LogP contribution in [0, 0.1) is 17.3 Å². The predicted molar refractivity (Wildman–Crippen MR) is 104 cm³/mol. The van der Waals surface area contributed by atoms with Crippen LogP contribution in [0.2, 0.25) is 10.0 Å². The molecule has 1 unspecified atom stereocenters. The molecule has 6 heteroatoms. The predicted octanol–water partition coefficient (Wildman–Crippen LogP) is 4.00. The highest BCUT2D eigenvalue weighted by molar-refractivity contribution is 6.34. The van der Waals surface area contributed by atoms with Gasteiger partial charge in [0.25, 0.3) is 0 Å². The van der Waals surface area contributed by atoms with Crippen molar-refractivity contribution in [3.8, 4) is 5.75 Å². The number of amides is 1. The van der Waals surface area contributed by atoms with Crippen LogP contribution in [-0.4, -0.2) is 43.6 Å². The summed E-state index contributed by atoms with van der Waals surface area (Å²) in [5, 5.41) is 4.58. The van der Waals surface area contributed by atoms with Crippen LogP contribution in [0.15, 0.2) is 18.2 Å². The van der Waals surface area contributed by atoms with Crippen molar-refractivity contribution >= 4 is 29.1 Å². The zero-order chi connectivity index (χ0) is 18.1. The molecule has 1 saturated carbocycles. The number of likely N-dealkylation sites (tertiary alicyclic amines) is 1. The molecular weight excluding hydrogens is 371 g/mol. The minimum atomic E-state index is 0.283. The van der Waals surface area contributed by atoms with Crippen LogP contribution in [0.3, 0.4) is 0 Å². The second-order valence-electron chi connectivity index (χ2n) is 8.05. The maximum Gasteiger partial charge on any atom is 0.226 e. The Labute approximate surface area is 165 Å². The third kappa shape index (κ3) is 3.97. The van der Waals surface area contributed by atoms with Gasteiger partial charge in [-0.15, -0.1) is 0 Å². The topological polar surface area (TPSA) is 41.6 Å². The van der Waals surface area contributed by atoms with E-state index in [1.165, 1.54) is 0 Å². The Morgan fingerprint density at radius 1 is 1.15 bits per heavy atom. The van der Waals surface area contributed by atoms with Gasteiger partial charge < -0.3 is 15.0 Å². The summed E-state index contributed by atoms with van der Waals surface area (Å²) in [5.74, 6) is 1.87. The van der Waals surface area contributed by atoms with Crippen LogP contribution in [0.25, 0.3) is 0 Å². The lowest BCUT2D eigenvalue weighted by Gasteiger charge is -2.33. The molecule has 1 spiro atoms. The van der Waals surface area contributed by atoms with Gasteiger partial charge in [0.15, 0.2) is 0 Å². The molecule has 0 aromatic heterocycles. The lowest BCUT2D eigenvalue weighted by atomic mass is 9.91. The van der Waals surface area contributed by atoms with Crippen molar-refractivity contribution in [1.29, 1.82) is 0 Å². The van der Waals surface area contributed by atoms with Gasteiger partial charge in [-0.05, 0) is 74.7 Å². The summed E-state index contributed by atoms with van der Waals surface area (Å²) in [6, 6.07) is 5.28. The molecule has 142 valence electrons. The quantitative estimate of drug-likeness (QED) is 0.835. The van der Waals surface area contributed by atoms with E-state index in [1.807, 2.05) is 0 Å². The normalized spacial score (nSPS) is 25.3. The van der Waals surface area contributed by atoms with E-state index in [-0.39, 0.29) is 5.92 Å². The number of nitrogens with zero attached hydrogens (tertiary/aromatic N) is 1. The Balaban J connectivity index is 1.23. The SMILES string of the molecule is O=C(C1CC12CCNCC2)N1CCC(COc2cc(Cl)cc(Cl)c2)CC1. The Hall–Kier alpha value is -0.970. The first-order valence-electron chi connectivity index (χ1n) is 9.64. The molecule has 2 heterocycles. The summed E-state index contributed by atoms with van der Waals surface area (Å²) in [6.45, 7) is 4.49. The van der Waals surface area contributed by atoms with Crippen molar-refractivity contribution in [2.75, 3.05) is 32.8 Å². The summed E-state index contributed by atoms with van der Waals surface area (Å²) in [4.78, 5) is 14.9. The third-order valence-electron chi connectivity index (χ3n) is 6.34. The van der Waals surface area contributed by atoms with Crippen molar-refractivity contribution < 1.29 is 9.53 Å². The van der Waals surface area contributed by atoms with Crippen LogP contribution in [0.1, 0.15) is 32.1 Å². The molecule has 4 nitrogen and oxygen atoms in total. The van der Waals surface area contributed by atoms with Crippen molar-refractivity contribution in [2.24, 2.45) is 17.3 Å². The van der Waals surface area contributed by atoms with E-state index in [9.17, 15) is 4.79 Å². The van der Waals surface area contributed by atoms with Gasteiger partial charge in [-0.1, -0.05) is 23.2 Å². The van der Waals surface area contributed by atoms with Crippen LogP contribution in [0.4, 0.5) is 0 Å². The standard InChI is InChI=1S/C20H26Cl2N2O2/c21-15-9-16(22)11-17(10-15)26-13-14-1-7-24(8-2-14)19(25)18-12-20(18)3-5-23-6-4-20/h9-11,14,18,23H,1-8,12-13H2. The minimum absolute atomic E-state index is 0.283. The molecule has 1 atom stereocenters. The van der Waals surface area contributed by atoms with Gasteiger partial charge in [-0.2, -0.15) is 0 Å². The number of benzene rings is 1. The van der Waals surface area contributed by atoms with Gasteiger partial charge in [0.2, 0.25) is 5.91 Å². The summed E-state index contributed by atoms with van der Waals surface area (Å²) in [7, 11) is 0. The molecule has 1 aromatic carbocycles. The Kier molecular flexibility index (Phi) is 5.36. The number of hydrogen-bond donors (Lipinski definition) is 1. The Morgan fingerprint density at radius 2 is 1.81 bits per heavy atom. The zero-order valence-corrected chi connectivity index (χ0v) is 16.5. The Morgan fingerprint density at radius 3 is 2.46 bits per heavy atom. The fraction of sp³-hybridized carbons (Fsp3) is 0.650. The fourth-order valence-electron chi connectivity index (χ4n) is 4.54. The number of carbonyl (C=O) groups is 1. The van der Waals surface area contributed by atoms with Gasteiger partial charge >= 0.3 is 0 Å². The molecule has 0 bridgehead atoms. The van der Waals surface area contributed by atoms with E-state index in [0.29, 0.717) is 39.6 Å². The second-order valence-corrected chi connectivity index (χ2v) is 8.93. The molecule has 1 aliphatic carbocycles. The molecule has 0 radical (unpaired) electrons. The molecule has 4 rings (SSSR count). The average molecular weight is 397 g/mol. The number of halogens is 2. The van der Waals surface area contributed by atoms with Crippen LogP contribution < -0.4 is 10.1 Å². The summed E-state index contributed by atoms with van der Waals surface area (Å²) >= 11 is 12.0. The minimum Gasteiger partial charge on any atom is -0.493 e. The molecular formula is C20H26Cl2N2O2. The summed E-state index contributed by atoms with van der Waals surface area (Å²) in [5.41, 5.74) is 0.328. The van der Waals surface area contributed by atoms with Gasteiger partial charge in [0.05, 0.1) is 6.61 Å². The van der Waals surface area contributed by atoms with Crippen LogP contribution in [-0.2, 0) is 4.79 Å². The van der Waals surface area contributed by atoms with Gasteiger partial charge in [0.1, 0.15) is 5.75 Å². The van der Waals surface area contributed by atoms with Crippen molar-refractivity contribution in [1.82, 2.24) is 10.2 Å². The maximum atomic E-state index is 12.8. The average Bonchev–Trinajstić information content (AvgIpc) is 3.32. The Bertz CT molecular complexity index is 648. The highest BCUT2D eigenvalue weighted by Gasteiger charge is 2.58. The fourth-order valence-corrected chi connectivity index (χ4v) is 5.05. The van der Waals surface area contributed by atoms with E-state index in [4.69, 9.17) is 27.9 Å². The molecule has 3 aliphatic rings. The van der Waals surface area contributed by atoms with E-state index in [2.05, 4.69) is 10.2 Å². The van der Waals surface area contributed by atoms with E-state index in [1.54, 1.807) is 18.2 Å². The first-order valence-corrected chi connectivity index (χ1v) is 10.4. The summed E-state index contributed by atoms with van der Waals surface area (Å²) < 4.78 is 5.87. The number of rotatable bonds is 4. The molecule has 3 fully saturated rings. The van der Waals surface area contributed by atoms with Crippen molar-refractivity contribution in [3.05, 3.63) is 28.2 Å². The number of piperidine rings is 2. The maximum absolute atomic E-state index is 12.8. The molecule has 2 aliphatic heterocycles. The summed E-state index contributed by atoms with van der Waals surface area (Å²) in [6.07, 6.45) is 5.43. The number of carbonyl (C=O) groups excluding carboxylic acids is 1. The van der Waals surface area contributed by atoms with Gasteiger partial charge in [0, 0.05) is 29.1 Å². The second kappa shape index (κ2) is 7.57. The monoisotopic (exact) mass is 396 g/mol. The first kappa shape index (κ1) is 18.4. The lowest BCUT2D eigenvalue weighted by molar-refractivity contribution is -0.135. The molecule has 1 N–H and O–H groups in total. The van der Waals surface area contributed by atoms with Crippen molar-refractivity contribution in [3.63, 3.8) is 0 Å². The largest absolute Gasteiger partial charge is 0.493 e. The first-order chi connectivity index (χ1) is 12.6. The van der Waals surface area contributed by atoms with E-state index in [0.717, 1.165) is 58.3 Å². The number of nitrogens with one attached hydrogen (secondary N) is 1. The molecule has 1 aromatic rings. The zero-order valence-electron chi connectivity index (χ0n) is 15.0. The number of hydrogen-bond acceptors (Lipinski definition) is 3. The van der Waals surface area contributed by atoms with Gasteiger partial charge in [-0.25, -0.2) is 0 Å². The molecule has 26 heavy (non-hydrogen) atoms.